The Balaban J connectivity index is 2.12. The van der Waals surface area contributed by atoms with Crippen LogP contribution < -0.4 is 14.4 Å². The van der Waals surface area contributed by atoms with Gasteiger partial charge in [0.25, 0.3) is 0 Å². The summed E-state index contributed by atoms with van der Waals surface area (Å²) in [6.45, 7) is 10.1. The molecule has 0 bridgehead atoms. The number of ether oxygens (including phenoxy) is 3. The number of fused-ring (bicyclic) bond motifs is 1. The smallest absolute Gasteiger partial charge is 0.415 e. The van der Waals surface area contributed by atoms with Crippen molar-refractivity contribution >= 4 is 45.1 Å². The van der Waals surface area contributed by atoms with Crippen molar-refractivity contribution in [2.75, 3.05) is 18.6 Å². The van der Waals surface area contributed by atoms with Crippen LogP contribution in [0.15, 0.2) is 67.3 Å². The summed E-state index contributed by atoms with van der Waals surface area (Å²) in [5.74, 6) is 1.41. The lowest BCUT2D eigenvalue weighted by molar-refractivity contribution is 0.0584. The molecule has 0 radical (unpaired) electrons. The van der Waals surface area contributed by atoms with Crippen molar-refractivity contribution in [1.29, 1.82) is 0 Å². The van der Waals surface area contributed by atoms with Gasteiger partial charge in [0.15, 0.2) is 0 Å². The molecule has 0 aromatic heterocycles. The second-order valence-corrected chi connectivity index (χ2v) is 9.35. The molecule has 3 rings (SSSR count). The molecule has 0 saturated heterocycles. The van der Waals surface area contributed by atoms with Gasteiger partial charge in [0.05, 0.1) is 12.8 Å². The molecule has 3 aromatic rings. The highest BCUT2D eigenvalue weighted by atomic mass is 127. The van der Waals surface area contributed by atoms with Gasteiger partial charge in [0.1, 0.15) is 23.7 Å². The number of nitrogens with zero attached hydrogens (tertiary/aromatic N) is 1. The maximum absolute atomic E-state index is 13.0. The van der Waals surface area contributed by atoms with Crippen molar-refractivity contribution in [3.05, 3.63) is 76.4 Å². The van der Waals surface area contributed by atoms with Gasteiger partial charge in [-0.2, -0.15) is 0 Å². The summed E-state index contributed by atoms with van der Waals surface area (Å²) in [7, 11) is 1.63. The van der Waals surface area contributed by atoms with Gasteiger partial charge in [-0.3, -0.25) is 4.90 Å². The summed E-state index contributed by atoms with van der Waals surface area (Å²) in [5, 5.41) is 1.88. The summed E-state index contributed by atoms with van der Waals surface area (Å²) >= 11 is 2.26. The summed E-state index contributed by atoms with van der Waals surface area (Å²) in [6.07, 6.45) is 1.24. The average Bonchev–Trinajstić information content (AvgIpc) is 2.76. The minimum absolute atomic E-state index is 0.304. The highest BCUT2D eigenvalue weighted by Gasteiger charge is 2.26. The zero-order chi connectivity index (χ0) is 23.3. The van der Waals surface area contributed by atoms with E-state index in [4.69, 9.17) is 14.2 Å². The van der Waals surface area contributed by atoms with Crippen molar-refractivity contribution < 1.29 is 19.0 Å². The Kier molecular flexibility index (Phi) is 7.66. The van der Waals surface area contributed by atoms with Crippen LogP contribution in [0, 0.1) is 3.57 Å². The van der Waals surface area contributed by atoms with E-state index in [0.717, 1.165) is 25.7 Å². The van der Waals surface area contributed by atoms with Gasteiger partial charge < -0.3 is 14.2 Å². The van der Waals surface area contributed by atoms with Gasteiger partial charge in [0, 0.05) is 27.0 Å². The Morgan fingerprint density at radius 2 is 1.81 bits per heavy atom. The molecule has 0 unspecified atom stereocenters. The van der Waals surface area contributed by atoms with Crippen LogP contribution >= 0.6 is 22.6 Å². The van der Waals surface area contributed by atoms with Gasteiger partial charge >= 0.3 is 6.09 Å². The predicted octanol–water partition coefficient (Wildman–Crippen LogP) is 6.96. The first kappa shape index (κ1) is 23.9. The maximum Gasteiger partial charge on any atom is 0.415 e. The first-order valence-corrected chi connectivity index (χ1v) is 11.4. The van der Waals surface area contributed by atoms with E-state index in [9.17, 15) is 4.79 Å². The molecule has 3 aromatic carbocycles. The van der Waals surface area contributed by atoms with Crippen molar-refractivity contribution in [2.45, 2.75) is 33.0 Å². The zero-order valence-electron chi connectivity index (χ0n) is 18.9. The highest BCUT2D eigenvalue weighted by molar-refractivity contribution is 14.1. The summed E-state index contributed by atoms with van der Waals surface area (Å²) in [4.78, 5) is 14.6. The quantitative estimate of drug-likeness (QED) is 0.238. The SMILES string of the molecule is C=CCN(C(=O)OC(C)(C)C)c1cc(OCc2ccccc2)c2ccc(OC)cc2c1I. The van der Waals surface area contributed by atoms with Crippen LogP contribution in [0.25, 0.3) is 10.8 Å². The Hall–Kier alpha value is -2.74. The van der Waals surface area contributed by atoms with Crippen molar-refractivity contribution in [3.63, 3.8) is 0 Å². The summed E-state index contributed by atoms with van der Waals surface area (Å²) in [6, 6.07) is 17.7. The predicted molar refractivity (Wildman–Crippen MR) is 138 cm³/mol. The number of halogens is 1. The van der Waals surface area contributed by atoms with Gasteiger partial charge in [-0.15, -0.1) is 6.58 Å². The normalized spacial score (nSPS) is 11.2. The minimum Gasteiger partial charge on any atom is -0.497 e. The number of methoxy groups -OCH3 is 1. The molecule has 5 nitrogen and oxygen atoms in total. The maximum atomic E-state index is 13.0. The molecule has 168 valence electrons. The molecular formula is C26H28INO4. The Labute approximate surface area is 203 Å². The van der Waals surface area contributed by atoms with Crippen molar-refractivity contribution in [1.82, 2.24) is 0 Å². The molecule has 0 aliphatic rings. The lowest BCUT2D eigenvalue weighted by Gasteiger charge is -2.28. The fourth-order valence-corrected chi connectivity index (χ4v) is 4.11. The number of benzene rings is 3. The number of carbonyl (C=O) groups excluding carboxylic acids is 1. The number of hydrogen-bond donors (Lipinski definition) is 0. The van der Waals surface area contributed by atoms with Crippen molar-refractivity contribution in [3.8, 4) is 11.5 Å². The van der Waals surface area contributed by atoms with Crippen LogP contribution in [0.3, 0.4) is 0 Å². The van der Waals surface area contributed by atoms with Crippen molar-refractivity contribution in [2.24, 2.45) is 0 Å². The molecule has 0 aliphatic carbocycles. The van der Waals surface area contributed by atoms with E-state index in [0.29, 0.717) is 24.6 Å². The van der Waals surface area contributed by atoms with Crippen LogP contribution in [0.4, 0.5) is 10.5 Å². The van der Waals surface area contributed by atoms with Crippen LogP contribution in [-0.4, -0.2) is 25.3 Å². The number of hydrogen-bond acceptors (Lipinski definition) is 4. The Morgan fingerprint density at radius 1 is 1.09 bits per heavy atom. The lowest BCUT2D eigenvalue weighted by atomic mass is 10.1. The average molecular weight is 545 g/mol. The number of rotatable bonds is 7. The first-order valence-electron chi connectivity index (χ1n) is 10.3. The molecule has 6 heteroatoms. The Bertz CT molecular complexity index is 1110. The van der Waals surface area contributed by atoms with E-state index in [1.807, 2.05) is 75.4 Å². The van der Waals surface area contributed by atoms with Crippen LogP contribution in [0.1, 0.15) is 26.3 Å². The van der Waals surface area contributed by atoms with E-state index in [1.54, 1.807) is 18.1 Å². The fourth-order valence-electron chi connectivity index (χ4n) is 3.22. The molecule has 0 fully saturated rings. The third-order valence-corrected chi connectivity index (χ3v) is 5.81. The van der Waals surface area contributed by atoms with E-state index in [-0.39, 0.29) is 0 Å². The first-order chi connectivity index (χ1) is 15.2. The van der Waals surface area contributed by atoms with Gasteiger partial charge in [-0.1, -0.05) is 36.4 Å². The molecule has 1 amide bonds. The van der Waals surface area contributed by atoms with E-state index in [2.05, 4.69) is 29.2 Å². The standard InChI is InChI=1S/C26H28INO4/c1-6-14-28(25(29)32-26(2,3)4)22-16-23(31-17-18-10-8-7-9-11-18)20-13-12-19(30-5)15-21(20)24(22)27/h6-13,15-16H,1,14,17H2,2-5H3. The van der Waals surface area contributed by atoms with E-state index < -0.39 is 11.7 Å². The molecule has 0 N–H and O–H groups in total. The van der Waals surface area contributed by atoms with Gasteiger partial charge in [-0.25, -0.2) is 4.79 Å². The number of amides is 1. The van der Waals surface area contributed by atoms with E-state index >= 15 is 0 Å². The molecule has 0 atom stereocenters. The molecule has 0 spiro atoms. The van der Waals surface area contributed by atoms with Gasteiger partial charge in [0.2, 0.25) is 0 Å². The largest absolute Gasteiger partial charge is 0.497 e. The lowest BCUT2D eigenvalue weighted by Crippen LogP contribution is -2.37. The third-order valence-electron chi connectivity index (χ3n) is 4.67. The summed E-state index contributed by atoms with van der Waals surface area (Å²) < 4.78 is 18.2. The highest BCUT2D eigenvalue weighted by Crippen LogP contribution is 2.39. The monoisotopic (exact) mass is 545 g/mol. The topological polar surface area (TPSA) is 48.0 Å². The molecule has 0 saturated carbocycles. The number of anilines is 1. The molecule has 0 aliphatic heterocycles. The van der Waals surface area contributed by atoms with Crippen LogP contribution in [-0.2, 0) is 11.3 Å². The molecule has 0 heterocycles. The molecular weight excluding hydrogens is 517 g/mol. The molecule has 32 heavy (non-hydrogen) atoms. The Morgan fingerprint density at radius 3 is 2.44 bits per heavy atom. The van der Waals surface area contributed by atoms with E-state index in [1.165, 1.54) is 0 Å². The minimum atomic E-state index is -0.616. The van der Waals surface area contributed by atoms with Crippen LogP contribution in [0.5, 0.6) is 11.5 Å². The number of carbonyl (C=O) groups is 1. The second-order valence-electron chi connectivity index (χ2n) is 8.27. The fraction of sp³-hybridized carbons (Fsp3) is 0.269. The third kappa shape index (κ3) is 5.73. The van der Waals surface area contributed by atoms with Gasteiger partial charge in [-0.05, 0) is 67.1 Å². The van der Waals surface area contributed by atoms with Crippen LogP contribution in [0.2, 0.25) is 0 Å². The second kappa shape index (κ2) is 10.3. The zero-order valence-corrected chi connectivity index (χ0v) is 21.0. The summed E-state index contributed by atoms with van der Waals surface area (Å²) in [5.41, 5.74) is 1.14.